The van der Waals surface area contributed by atoms with Gasteiger partial charge in [0.1, 0.15) is 5.54 Å². The highest BCUT2D eigenvalue weighted by Gasteiger charge is 2.30. The number of nitrogens with zero attached hydrogens (tertiary/aromatic N) is 2. The Morgan fingerprint density at radius 1 is 1.61 bits per heavy atom. The quantitative estimate of drug-likeness (QED) is 0.783. The van der Waals surface area contributed by atoms with Crippen molar-refractivity contribution in [1.82, 2.24) is 10.2 Å². The molecule has 18 heavy (non-hydrogen) atoms. The van der Waals surface area contributed by atoms with Gasteiger partial charge in [-0.2, -0.15) is 5.26 Å². The van der Waals surface area contributed by atoms with Gasteiger partial charge in [0.15, 0.2) is 0 Å². The molecule has 0 radical (unpaired) electrons. The van der Waals surface area contributed by atoms with Crippen LogP contribution in [0.5, 0.6) is 0 Å². The monoisotopic (exact) mass is 253 g/mol. The fraction of sp³-hybridized carbons (Fsp3) is 0.929. The van der Waals surface area contributed by atoms with Crippen LogP contribution in [0.4, 0.5) is 0 Å². The largest absolute Gasteiger partial charge is 0.377 e. The molecule has 1 rings (SSSR count). The molecule has 1 saturated heterocycles. The lowest BCUT2D eigenvalue weighted by atomic mass is 9.93. The van der Waals surface area contributed by atoms with Gasteiger partial charge in [-0.15, -0.1) is 0 Å². The van der Waals surface area contributed by atoms with Crippen LogP contribution in [0.25, 0.3) is 0 Å². The zero-order chi connectivity index (χ0) is 13.6. The smallest absolute Gasteiger partial charge is 0.105 e. The van der Waals surface area contributed by atoms with Crippen molar-refractivity contribution >= 4 is 0 Å². The van der Waals surface area contributed by atoms with Crippen molar-refractivity contribution in [3.63, 3.8) is 0 Å². The van der Waals surface area contributed by atoms with Gasteiger partial charge in [-0.3, -0.25) is 4.90 Å². The maximum Gasteiger partial charge on any atom is 0.105 e. The number of nitriles is 1. The van der Waals surface area contributed by atoms with Gasteiger partial charge in [0.25, 0.3) is 0 Å². The van der Waals surface area contributed by atoms with Crippen LogP contribution in [-0.2, 0) is 4.74 Å². The van der Waals surface area contributed by atoms with Gasteiger partial charge in [-0.05, 0) is 53.6 Å². The van der Waals surface area contributed by atoms with Gasteiger partial charge in [0.05, 0.1) is 12.2 Å². The third-order valence-corrected chi connectivity index (χ3v) is 3.94. The van der Waals surface area contributed by atoms with Crippen molar-refractivity contribution in [3.8, 4) is 6.07 Å². The highest BCUT2D eigenvalue weighted by atomic mass is 16.5. The molecule has 0 amide bonds. The Morgan fingerprint density at radius 3 is 2.89 bits per heavy atom. The molecule has 0 aromatic carbocycles. The van der Waals surface area contributed by atoms with E-state index in [2.05, 4.69) is 30.1 Å². The predicted molar refractivity (Wildman–Crippen MR) is 73.4 cm³/mol. The van der Waals surface area contributed by atoms with Gasteiger partial charge in [0.2, 0.25) is 0 Å². The first-order chi connectivity index (χ1) is 8.54. The molecule has 1 N–H and O–H groups in total. The molecule has 3 atom stereocenters. The molecule has 4 nitrogen and oxygen atoms in total. The van der Waals surface area contributed by atoms with E-state index >= 15 is 0 Å². The number of piperidine rings is 1. The Morgan fingerprint density at radius 2 is 2.33 bits per heavy atom. The summed E-state index contributed by atoms with van der Waals surface area (Å²) in [6, 6.07) is 2.77. The van der Waals surface area contributed by atoms with Crippen LogP contribution < -0.4 is 5.32 Å². The lowest BCUT2D eigenvalue weighted by Crippen LogP contribution is -2.49. The lowest BCUT2D eigenvalue weighted by molar-refractivity contribution is -0.00800. The number of rotatable bonds is 6. The summed E-state index contributed by atoms with van der Waals surface area (Å²) in [5, 5.41) is 12.3. The first-order valence-electron chi connectivity index (χ1n) is 7.00. The van der Waals surface area contributed by atoms with Crippen LogP contribution in [0.3, 0.4) is 0 Å². The summed E-state index contributed by atoms with van der Waals surface area (Å²) < 4.78 is 5.72. The van der Waals surface area contributed by atoms with Gasteiger partial charge >= 0.3 is 0 Å². The molecular formula is C14H27N3O. The molecular weight excluding hydrogens is 226 g/mol. The van der Waals surface area contributed by atoms with E-state index in [1.54, 1.807) is 0 Å². The van der Waals surface area contributed by atoms with Crippen LogP contribution in [0, 0.1) is 11.3 Å². The van der Waals surface area contributed by atoms with E-state index < -0.39 is 5.54 Å². The zero-order valence-corrected chi connectivity index (χ0v) is 12.2. The van der Waals surface area contributed by atoms with Crippen molar-refractivity contribution in [1.29, 1.82) is 5.26 Å². The summed E-state index contributed by atoms with van der Waals surface area (Å²) in [6.07, 6.45) is 3.57. The molecule has 0 spiro atoms. The fourth-order valence-electron chi connectivity index (χ4n) is 2.66. The minimum absolute atomic E-state index is 0.370. The van der Waals surface area contributed by atoms with Crippen molar-refractivity contribution < 1.29 is 4.74 Å². The zero-order valence-electron chi connectivity index (χ0n) is 12.2. The number of hydrogen-bond acceptors (Lipinski definition) is 4. The molecule has 1 aliphatic heterocycles. The van der Waals surface area contributed by atoms with Crippen molar-refractivity contribution in [2.75, 3.05) is 26.7 Å². The van der Waals surface area contributed by atoms with Gasteiger partial charge in [-0.25, -0.2) is 0 Å². The van der Waals surface area contributed by atoms with Crippen LogP contribution in [0.2, 0.25) is 0 Å². The SMILES string of the molecule is CCOC1CCCN(C(C)CC(C)(C#N)NC)C1. The standard InChI is InChI=1S/C14H27N3O/c1-5-18-13-7-6-8-17(10-13)12(2)9-14(3,11-15)16-4/h12-13,16H,5-10H2,1-4H3. The van der Waals surface area contributed by atoms with Crippen molar-refractivity contribution in [3.05, 3.63) is 0 Å². The summed E-state index contributed by atoms with van der Waals surface area (Å²) in [4.78, 5) is 2.46. The van der Waals surface area contributed by atoms with Gasteiger partial charge in [0, 0.05) is 19.2 Å². The minimum atomic E-state index is -0.433. The van der Waals surface area contributed by atoms with E-state index in [-0.39, 0.29) is 0 Å². The molecule has 1 aliphatic rings. The second kappa shape index (κ2) is 7.08. The molecule has 3 unspecified atom stereocenters. The first-order valence-corrected chi connectivity index (χ1v) is 7.00. The second-order valence-corrected chi connectivity index (χ2v) is 5.46. The van der Waals surface area contributed by atoms with E-state index in [1.807, 2.05) is 14.0 Å². The second-order valence-electron chi connectivity index (χ2n) is 5.46. The average Bonchev–Trinajstić information content (AvgIpc) is 2.39. The van der Waals surface area contributed by atoms with Crippen LogP contribution in [0.15, 0.2) is 0 Å². The maximum absolute atomic E-state index is 9.21. The highest BCUT2D eigenvalue weighted by Crippen LogP contribution is 2.20. The van der Waals surface area contributed by atoms with E-state index in [0.717, 1.165) is 26.1 Å². The Labute approximate surface area is 111 Å². The maximum atomic E-state index is 9.21. The third-order valence-electron chi connectivity index (χ3n) is 3.94. The van der Waals surface area contributed by atoms with E-state index in [9.17, 15) is 5.26 Å². The van der Waals surface area contributed by atoms with Gasteiger partial charge in [-0.1, -0.05) is 0 Å². The van der Waals surface area contributed by atoms with Crippen molar-refractivity contribution in [2.45, 2.75) is 57.7 Å². The third kappa shape index (κ3) is 4.24. The average molecular weight is 253 g/mol. The molecule has 0 aliphatic carbocycles. The Balaban J connectivity index is 2.51. The first kappa shape index (κ1) is 15.4. The molecule has 104 valence electrons. The van der Waals surface area contributed by atoms with E-state index in [1.165, 1.54) is 12.8 Å². The molecule has 4 heteroatoms. The molecule has 0 aromatic rings. The van der Waals surface area contributed by atoms with Crippen LogP contribution >= 0.6 is 0 Å². The highest BCUT2D eigenvalue weighted by molar-refractivity contribution is 5.04. The summed E-state index contributed by atoms with van der Waals surface area (Å²) in [7, 11) is 1.86. The number of ether oxygens (including phenoxy) is 1. The number of hydrogen-bond donors (Lipinski definition) is 1. The lowest BCUT2D eigenvalue weighted by Gasteiger charge is -2.38. The predicted octanol–water partition coefficient (Wildman–Crippen LogP) is 1.77. The summed E-state index contributed by atoms with van der Waals surface area (Å²) in [5.74, 6) is 0. The number of likely N-dealkylation sites (tertiary alicyclic amines) is 1. The van der Waals surface area contributed by atoms with Crippen molar-refractivity contribution in [2.24, 2.45) is 0 Å². The molecule has 0 bridgehead atoms. The minimum Gasteiger partial charge on any atom is -0.377 e. The van der Waals surface area contributed by atoms with E-state index in [0.29, 0.717) is 12.1 Å². The summed E-state index contributed by atoms with van der Waals surface area (Å²) in [6.45, 7) is 9.14. The van der Waals surface area contributed by atoms with Crippen LogP contribution in [-0.4, -0.2) is 49.3 Å². The molecule has 0 saturated carbocycles. The topological polar surface area (TPSA) is 48.3 Å². The normalized spacial score (nSPS) is 26.3. The van der Waals surface area contributed by atoms with E-state index in [4.69, 9.17) is 4.74 Å². The van der Waals surface area contributed by atoms with Gasteiger partial charge < -0.3 is 10.1 Å². The van der Waals surface area contributed by atoms with Crippen LogP contribution in [0.1, 0.15) is 40.0 Å². The Kier molecular flexibility index (Phi) is 6.07. The number of nitrogens with one attached hydrogen (secondary N) is 1. The molecule has 1 heterocycles. The Hall–Kier alpha value is -0.630. The summed E-state index contributed by atoms with van der Waals surface area (Å²) in [5.41, 5.74) is -0.433. The molecule has 0 aromatic heterocycles. The Bertz CT molecular complexity index is 287. The fourth-order valence-corrected chi connectivity index (χ4v) is 2.66. The summed E-state index contributed by atoms with van der Waals surface area (Å²) >= 11 is 0. The molecule has 1 fully saturated rings.